The average molecular weight is 264 g/mol. The van der Waals surface area contributed by atoms with Gasteiger partial charge < -0.3 is 5.73 Å². The van der Waals surface area contributed by atoms with Crippen LogP contribution in [0, 0.1) is 5.92 Å². The predicted molar refractivity (Wildman–Crippen MR) is 60.6 cm³/mol. The van der Waals surface area contributed by atoms with E-state index in [1.807, 2.05) is 6.92 Å². The van der Waals surface area contributed by atoms with Gasteiger partial charge in [-0.15, -0.1) is 11.3 Å². The van der Waals surface area contributed by atoms with Crippen LogP contribution in [0.2, 0.25) is 0 Å². The van der Waals surface area contributed by atoms with Crippen molar-refractivity contribution in [3.63, 3.8) is 0 Å². The van der Waals surface area contributed by atoms with Crippen LogP contribution in [0.3, 0.4) is 0 Å². The van der Waals surface area contributed by atoms with Crippen molar-refractivity contribution in [2.24, 2.45) is 11.7 Å². The molecule has 0 radical (unpaired) electrons. The predicted octanol–water partition coefficient (Wildman–Crippen LogP) is 3.53. The summed E-state index contributed by atoms with van der Waals surface area (Å²) in [6, 6.07) is 0. The summed E-state index contributed by atoms with van der Waals surface area (Å²) < 4.78 is 37.5. The molecule has 2 N–H and O–H groups in total. The number of nitrogens with zero attached hydrogens (tertiary/aromatic N) is 1. The molecular formula is C11H15F3N2S. The summed E-state index contributed by atoms with van der Waals surface area (Å²) in [5.41, 5.74) is 5.66. The molecule has 1 aromatic rings. The Balaban J connectivity index is 2.30. The van der Waals surface area contributed by atoms with E-state index >= 15 is 0 Å². The topological polar surface area (TPSA) is 38.9 Å². The number of hydrogen-bond donors (Lipinski definition) is 1. The highest BCUT2D eigenvalue weighted by Gasteiger charge is 2.41. The average Bonchev–Trinajstić information content (AvgIpc) is 2.71. The van der Waals surface area contributed by atoms with Gasteiger partial charge in [0.15, 0.2) is 5.01 Å². The van der Waals surface area contributed by atoms with E-state index in [1.165, 1.54) is 6.20 Å². The Morgan fingerprint density at radius 3 is 2.71 bits per heavy atom. The zero-order chi connectivity index (χ0) is 12.7. The molecular weight excluding hydrogens is 249 g/mol. The van der Waals surface area contributed by atoms with Gasteiger partial charge in [0.2, 0.25) is 0 Å². The second kappa shape index (κ2) is 4.24. The third-order valence-electron chi connectivity index (χ3n) is 3.56. The summed E-state index contributed by atoms with van der Waals surface area (Å²) in [6.07, 6.45) is 0.723. The minimum Gasteiger partial charge on any atom is -0.320 e. The molecule has 0 aromatic carbocycles. The van der Waals surface area contributed by atoms with Crippen LogP contribution in [-0.4, -0.2) is 4.98 Å². The number of rotatable bonds is 1. The number of alkyl halides is 3. The minimum absolute atomic E-state index is 0.206. The van der Waals surface area contributed by atoms with Crippen molar-refractivity contribution in [2.45, 2.75) is 44.3 Å². The summed E-state index contributed by atoms with van der Waals surface area (Å²) in [5.74, 6) is 0.206. The first kappa shape index (κ1) is 12.8. The summed E-state index contributed by atoms with van der Waals surface area (Å²) in [7, 11) is 0. The largest absolute Gasteiger partial charge is 0.443 e. The van der Waals surface area contributed by atoms with Gasteiger partial charge >= 0.3 is 6.18 Å². The first-order valence-electron chi connectivity index (χ1n) is 5.66. The van der Waals surface area contributed by atoms with E-state index in [1.54, 1.807) is 0 Å². The maximum atomic E-state index is 12.5. The molecule has 0 amide bonds. The Morgan fingerprint density at radius 2 is 2.18 bits per heavy atom. The van der Waals surface area contributed by atoms with Crippen molar-refractivity contribution < 1.29 is 13.2 Å². The molecule has 2 nitrogen and oxygen atoms in total. The van der Waals surface area contributed by atoms with Crippen molar-refractivity contribution in [2.75, 3.05) is 0 Å². The monoisotopic (exact) mass is 264 g/mol. The normalized spacial score (nSPS) is 30.5. The standard InChI is InChI=1S/C11H15F3N2S/c1-7-4-2-3-5-10(7,15)8-6-16-9(17-8)11(12,13)14/h6-7H,2-5,15H2,1H3. The van der Waals surface area contributed by atoms with Crippen LogP contribution in [0.4, 0.5) is 13.2 Å². The fourth-order valence-corrected chi connectivity index (χ4v) is 3.39. The molecule has 1 aliphatic rings. The van der Waals surface area contributed by atoms with Crippen molar-refractivity contribution in [1.82, 2.24) is 4.98 Å². The van der Waals surface area contributed by atoms with Gasteiger partial charge in [-0.05, 0) is 18.8 Å². The zero-order valence-electron chi connectivity index (χ0n) is 9.55. The molecule has 2 rings (SSSR count). The van der Waals surface area contributed by atoms with Gasteiger partial charge in [-0.3, -0.25) is 0 Å². The van der Waals surface area contributed by atoms with Gasteiger partial charge in [-0.25, -0.2) is 4.98 Å². The summed E-state index contributed by atoms with van der Waals surface area (Å²) in [6.45, 7) is 2.01. The van der Waals surface area contributed by atoms with E-state index < -0.39 is 16.7 Å². The molecule has 96 valence electrons. The molecule has 0 bridgehead atoms. The maximum Gasteiger partial charge on any atom is 0.443 e. The summed E-state index contributed by atoms with van der Waals surface area (Å²) in [4.78, 5) is 4.02. The van der Waals surface area contributed by atoms with E-state index in [2.05, 4.69) is 4.98 Å². The van der Waals surface area contributed by atoms with Gasteiger partial charge in [0, 0.05) is 11.1 Å². The van der Waals surface area contributed by atoms with Crippen LogP contribution in [-0.2, 0) is 11.7 Å². The third-order valence-corrected chi connectivity index (χ3v) is 4.80. The molecule has 0 spiro atoms. The van der Waals surface area contributed by atoms with Crippen LogP contribution in [0.5, 0.6) is 0 Å². The smallest absolute Gasteiger partial charge is 0.320 e. The van der Waals surface area contributed by atoms with E-state index in [0.29, 0.717) is 16.2 Å². The van der Waals surface area contributed by atoms with Crippen molar-refractivity contribution >= 4 is 11.3 Å². The number of halogens is 3. The molecule has 0 saturated heterocycles. The number of thiazole rings is 1. The molecule has 2 unspecified atom stereocenters. The molecule has 1 aromatic heterocycles. The van der Waals surface area contributed by atoms with E-state index in [4.69, 9.17) is 5.73 Å². The van der Waals surface area contributed by atoms with Crippen LogP contribution >= 0.6 is 11.3 Å². The molecule has 1 aliphatic carbocycles. The maximum absolute atomic E-state index is 12.5. The van der Waals surface area contributed by atoms with Gasteiger partial charge in [-0.1, -0.05) is 19.8 Å². The number of aromatic nitrogens is 1. The number of hydrogen-bond acceptors (Lipinski definition) is 3. The quantitative estimate of drug-likeness (QED) is 0.842. The fourth-order valence-electron chi connectivity index (χ4n) is 2.36. The van der Waals surface area contributed by atoms with Crippen molar-refractivity contribution in [3.05, 3.63) is 16.1 Å². The lowest BCUT2D eigenvalue weighted by Crippen LogP contribution is -2.44. The molecule has 0 aliphatic heterocycles. The first-order chi connectivity index (χ1) is 7.84. The molecule has 17 heavy (non-hydrogen) atoms. The molecule has 1 heterocycles. The Labute approximate surface area is 102 Å². The fraction of sp³-hybridized carbons (Fsp3) is 0.727. The van der Waals surface area contributed by atoms with Crippen LogP contribution in [0.1, 0.15) is 42.5 Å². The lowest BCUT2D eigenvalue weighted by atomic mass is 9.74. The minimum atomic E-state index is -4.36. The Morgan fingerprint density at radius 1 is 1.47 bits per heavy atom. The van der Waals surface area contributed by atoms with E-state index in [9.17, 15) is 13.2 Å². The summed E-state index contributed by atoms with van der Waals surface area (Å²) >= 11 is 0.688. The highest BCUT2D eigenvalue weighted by molar-refractivity contribution is 7.11. The Kier molecular flexibility index (Phi) is 3.20. The SMILES string of the molecule is CC1CCCCC1(N)c1cnc(C(F)(F)F)s1. The van der Waals surface area contributed by atoms with Gasteiger partial charge in [0.25, 0.3) is 0 Å². The third kappa shape index (κ3) is 2.33. The van der Waals surface area contributed by atoms with Gasteiger partial charge in [0.05, 0.1) is 5.54 Å². The van der Waals surface area contributed by atoms with Gasteiger partial charge in [0.1, 0.15) is 0 Å². The molecule has 2 atom stereocenters. The van der Waals surface area contributed by atoms with Gasteiger partial charge in [-0.2, -0.15) is 13.2 Å². The molecule has 6 heteroatoms. The lowest BCUT2D eigenvalue weighted by Gasteiger charge is -2.38. The Bertz CT molecular complexity index is 402. The van der Waals surface area contributed by atoms with E-state index in [0.717, 1.165) is 25.7 Å². The van der Waals surface area contributed by atoms with Crippen LogP contribution in [0.15, 0.2) is 6.20 Å². The lowest BCUT2D eigenvalue weighted by molar-refractivity contribution is -0.137. The van der Waals surface area contributed by atoms with Crippen LogP contribution in [0.25, 0.3) is 0 Å². The van der Waals surface area contributed by atoms with Crippen LogP contribution < -0.4 is 5.73 Å². The zero-order valence-corrected chi connectivity index (χ0v) is 10.4. The number of nitrogens with two attached hydrogens (primary N) is 1. The highest BCUT2D eigenvalue weighted by atomic mass is 32.1. The molecule has 1 saturated carbocycles. The first-order valence-corrected chi connectivity index (χ1v) is 6.48. The van der Waals surface area contributed by atoms with E-state index in [-0.39, 0.29) is 5.92 Å². The second-order valence-corrected chi connectivity index (χ2v) is 5.75. The highest BCUT2D eigenvalue weighted by Crippen LogP contribution is 2.43. The second-order valence-electron chi connectivity index (χ2n) is 4.71. The van der Waals surface area contributed by atoms with Crippen molar-refractivity contribution in [1.29, 1.82) is 0 Å². The molecule has 1 fully saturated rings. The summed E-state index contributed by atoms with van der Waals surface area (Å²) in [5, 5.41) is -0.796. The van der Waals surface area contributed by atoms with Crippen molar-refractivity contribution in [3.8, 4) is 0 Å². The Hall–Kier alpha value is -0.620.